The van der Waals surface area contributed by atoms with Crippen molar-refractivity contribution in [3.63, 3.8) is 0 Å². The molecule has 4 rings (SSSR count). The Bertz CT molecular complexity index is 941. The molecule has 1 unspecified atom stereocenters. The van der Waals surface area contributed by atoms with Crippen LogP contribution in [-0.4, -0.2) is 86.3 Å². The van der Waals surface area contributed by atoms with Gasteiger partial charge in [0.2, 0.25) is 0 Å². The number of aromatic nitrogens is 1. The lowest BCUT2D eigenvalue weighted by molar-refractivity contribution is -0.148. The van der Waals surface area contributed by atoms with Crippen LogP contribution in [0.3, 0.4) is 0 Å². The first-order valence-electron chi connectivity index (χ1n) is 10.7. The Kier molecular flexibility index (Phi) is 7.24. The van der Waals surface area contributed by atoms with Gasteiger partial charge in [-0.3, -0.25) is 9.69 Å². The molecule has 1 aromatic carbocycles. The first kappa shape index (κ1) is 22.5. The van der Waals surface area contributed by atoms with Crippen molar-refractivity contribution in [1.82, 2.24) is 14.8 Å². The molecule has 1 amide bonds. The Labute approximate surface area is 192 Å². The number of pyridine rings is 1. The summed E-state index contributed by atoms with van der Waals surface area (Å²) in [6.45, 7) is 4.82. The standard InChI is InChI=1S/C23H27ClN4O4/c1-31-23(30)20(17-4-6-18(24)7-5-17)26-9-11-28(12-10-26)22(29)19-3-2-8-25-21(19)27-13-15-32-16-14-27/h2-8,20H,9-16H2,1H3. The number of halogens is 1. The maximum Gasteiger partial charge on any atom is 0.327 e. The fourth-order valence-electron chi connectivity index (χ4n) is 4.20. The molecule has 2 fully saturated rings. The Morgan fingerprint density at radius 3 is 2.38 bits per heavy atom. The predicted octanol–water partition coefficient (Wildman–Crippen LogP) is 2.24. The molecule has 0 aliphatic carbocycles. The Hall–Kier alpha value is -2.68. The molecule has 0 bridgehead atoms. The largest absolute Gasteiger partial charge is 0.468 e. The molecule has 9 heteroatoms. The number of rotatable bonds is 5. The number of carbonyl (C=O) groups is 2. The van der Waals surface area contributed by atoms with Crippen LogP contribution in [0.15, 0.2) is 42.6 Å². The fraction of sp³-hybridized carbons (Fsp3) is 0.435. The summed E-state index contributed by atoms with van der Waals surface area (Å²) >= 11 is 6.01. The minimum absolute atomic E-state index is 0.0413. The van der Waals surface area contributed by atoms with Crippen LogP contribution < -0.4 is 4.90 Å². The van der Waals surface area contributed by atoms with Gasteiger partial charge in [-0.05, 0) is 29.8 Å². The highest BCUT2D eigenvalue weighted by molar-refractivity contribution is 6.30. The van der Waals surface area contributed by atoms with Crippen LogP contribution >= 0.6 is 11.6 Å². The van der Waals surface area contributed by atoms with Gasteiger partial charge in [-0.1, -0.05) is 23.7 Å². The maximum absolute atomic E-state index is 13.3. The lowest BCUT2D eigenvalue weighted by atomic mass is 10.0. The SMILES string of the molecule is COC(=O)C(c1ccc(Cl)cc1)N1CCN(C(=O)c2cccnc2N2CCOCC2)CC1. The molecule has 0 N–H and O–H groups in total. The number of methoxy groups -OCH3 is 1. The molecule has 170 valence electrons. The number of carbonyl (C=O) groups excluding carboxylic acids is 2. The van der Waals surface area contributed by atoms with Gasteiger partial charge in [0.15, 0.2) is 0 Å². The van der Waals surface area contributed by atoms with Gasteiger partial charge >= 0.3 is 5.97 Å². The number of amides is 1. The van der Waals surface area contributed by atoms with Crippen molar-refractivity contribution in [2.75, 3.05) is 64.5 Å². The van der Waals surface area contributed by atoms with Crippen LogP contribution in [0.2, 0.25) is 5.02 Å². The first-order chi connectivity index (χ1) is 15.6. The minimum atomic E-state index is -0.531. The highest BCUT2D eigenvalue weighted by Crippen LogP contribution is 2.26. The molecule has 2 saturated heterocycles. The van der Waals surface area contributed by atoms with Gasteiger partial charge < -0.3 is 19.3 Å². The van der Waals surface area contributed by atoms with Gasteiger partial charge in [0.05, 0.1) is 25.9 Å². The van der Waals surface area contributed by atoms with E-state index in [2.05, 4.69) is 9.88 Å². The van der Waals surface area contributed by atoms with Crippen LogP contribution in [0.5, 0.6) is 0 Å². The summed E-state index contributed by atoms with van der Waals surface area (Å²) in [5.74, 6) is 0.339. The highest BCUT2D eigenvalue weighted by atomic mass is 35.5. The third-order valence-electron chi connectivity index (χ3n) is 5.90. The van der Waals surface area contributed by atoms with E-state index in [0.717, 1.165) is 5.56 Å². The molecule has 1 aromatic heterocycles. The zero-order chi connectivity index (χ0) is 22.5. The molecular formula is C23H27ClN4O4. The average Bonchev–Trinajstić information content (AvgIpc) is 2.86. The monoisotopic (exact) mass is 458 g/mol. The van der Waals surface area contributed by atoms with Crippen molar-refractivity contribution in [3.8, 4) is 0 Å². The second-order valence-corrected chi connectivity index (χ2v) is 8.22. The smallest absolute Gasteiger partial charge is 0.327 e. The summed E-state index contributed by atoms with van der Waals surface area (Å²) in [5.41, 5.74) is 1.42. The van der Waals surface area contributed by atoms with Gasteiger partial charge in [-0.25, -0.2) is 9.78 Å². The molecule has 2 aliphatic heterocycles. The summed E-state index contributed by atoms with van der Waals surface area (Å²) in [7, 11) is 1.39. The van der Waals surface area contributed by atoms with E-state index in [1.165, 1.54) is 7.11 Å². The number of ether oxygens (including phenoxy) is 2. The van der Waals surface area contributed by atoms with Crippen molar-refractivity contribution in [1.29, 1.82) is 0 Å². The van der Waals surface area contributed by atoms with Gasteiger partial charge in [0, 0.05) is 50.5 Å². The summed E-state index contributed by atoms with van der Waals surface area (Å²) in [6, 6.07) is 10.3. The van der Waals surface area contributed by atoms with E-state index in [-0.39, 0.29) is 11.9 Å². The minimum Gasteiger partial charge on any atom is -0.468 e. The van der Waals surface area contributed by atoms with E-state index in [1.807, 2.05) is 28.0 Å². The fourth-order valence-corrected chi connectivity index (χ4v) is 4.32. The van der Waals surface area contributed by atoms with Crippen molar-refractivity contribution < 1.29 is 19.1 Å². The van der Waals surface area contributed by atoms with Gasteiger partial charge in [-0.2, -0.15) is 0 Å². The van der Waals surface area contributed by atoms with E-state index in [1.54, 1.807) is 24.4 Å². The van der Waals surface area contributed by atoms with Crippen molar-refractivity contribution in [2.24, 2.45) is 0 Å². The molecule has 1 atom stereocenters. The average molecular weight is 459 g/mol. The Balaban J connectivity index is 1.47. The lowest BCUT2D eigenvalue weighted by Gasteiger charge is -2.38. The van der Waals surface area contributed by atoms with E-state index in [0.29, 0.717) is 68.9 Å². The third kappa shape index (κ3) is 4.87. The Morgan fingerprint density at radius 1 is 1.03 bits per heavy atom. The van der Waals surface area contributed by atoms with E-state index >= 15 is 0 Å². The highest BCUT2D eigenvalue weighted by Gasteiger charge is 2.33. The Morgan fingerprint density at radius 2 is 1.72 bits per heavy atom. The van der Waals surface area contributed by atoms with Crippen molar-refractivity contribution in [3.05, 3.63) is 58.7 Å². The predicted molar refractivity (Wildman–Crippen MR) is 121 cm³/mol. The van der Waals surface area contributed by atoms with Crippen LogP contribution in [0.25, 0.3) is 0 Å². The molecule has 8 nitrogen and oxygen atoms in total. The van der Waals surface area contributed by atoms with Crippen molar-refractivity contribution in [2.45, 2.75) is 6.04 Å². The van der Waals surface area contributed by atoms with Crippen LogP contribution in [0, 0.1) is 0 Å². The zero-order valence-corrected chi connectivity index (χ0v) is 18.8. The third-order valence-corrected chi connectivity index (χ3v) is 6.16. The molecule has 32 heavy (non-hydrogen) atoms. The number of hydrogen-bond acceptors (Lipinski definition) is 7. The second kappa shape index (κ2) is 10.3. The zero-order valence-electron chi connectivity index (χ0n) is 18.1. The summed E-state index contributed by atoms with van der Waals surface area (Å²) < 4.78 is 10.5. The molecule has 0 spiro atoms. The van der Waals surface area contributed by atoms with E-state index < -0.39 is 6.04 Å². The number of nitrogens with zero attached hydrogens (tertiary/aromatic N) is 4. The summed E-state index contributed by atoms with van der Waals surface area (Å²) in [5, 5.41) is 0.611. The number of morpholine rings is 1. The van der Waals surface area contributed by atoms with Crippen LogP contribution in [-0.2, 0) is 14.3 Å². The quantitative estimate of drug-likeness (QED) is 0.636. The summed E-state index contributed by atoms with van der Waals surface area (Å²) in [4.78, 5) is 36.3. The van der Waals surface area contributed by atoms with E-state index in [9.17, 15) is 9.59 Å². The normalized spacial score (nSPS) is 18.3. The number of esters is 1. The van der Waals surface area contributed by atoms with Crippen LogP contribution in [0.1, 0.15) is 22.0 Å². The number of hydrogen-bond donors (Lipinski definition) is 0. The topological polar surface area (TPSA) is 75.2 Å². The summed E-state index contributed by atoms with van der Waals surface area (Å²) in [6.07, 6.45) is 1.71. The van der Waals surface area contributed by atoms with Crippen molar-refractivity contribution >= 4 is 29.3 Å². The second-order valence-electron chi connectivity index (χ2n) is 7.78. The molecule has 2 aromatic rings. The molecule has 0 saturated carbocycles. The number of piperazine rings is 1. The molecule has 0 radical (unpaired) electrons. The maximum atomic E-state index is 13.3. The van der Waals surface area contributed by atoms with Gasteiger partial charge in [0.25, 0.3) is 5.91 Å². The van der Waals surface area contributed by atoms with Gasteiger partial charge in [0.1, 0.15) is 11.9 Å². The van der Waals surface area contributed by atoms with Crippen LogP contribution in [0.4, 0.5) is 5.82 Å². The lowest BCUT2D eigenvalue weighted by Crippen LogP contribution is -2.51. The number of benzene rings is 1. The first-order valence-corrected chi connectivity index (χ1v) is 11.1. The van der Waals surface area contributed by atoms with Gasteiger partial charge in [-0.15, -0.1) is 0 Å². The van der Waals surface area contributed by atoms with E-state index in [4.69, 9.17) is 21.1 Å². The number of anilines is 1. The molecule has 2 aliphatic rings. The molecule has 3 heterocycles. The molecular weight excluding hydrogens is 432 g/mol.